The van der Waals surface area contributed by atoms with Crippen molar-refractivity contribution in [2.45, 2.75) is 19.8 Å². The molecule has 0 rings (SSSR count). The first-order valence-electron chi connectivity index (χ1n) is 3.04. The smallest absolute Gasteiger partial charge is 0.0431 e. The molecule has 1 atom stereocenters. The maximum Gasteiger partial charge on any atom is 0.0431 e. The molecular formula is C7H14O. The quantitative estimate of drug-likeness (QED) is 0.550. The zero-order valence-electron chi connectivity index (χ0n) is 5.43. The molecule has 0 radical (unpaired) electrons. The van der Waals surface area contributed by atoms with Crippen molar-refractivity contribution < 1.29 is 5.11 Å². The van der Waals surface area contributed by atoms with Crippen LogP contribution in [-0.2, 0) is 0 Å². The van der Waals surface area contributed by atoms with Gasteiger partial charge in [0.05, 0.1) is 0 Å². The standard InChI is InChI=1S/C7H14O/c1-3-7(2)5-4-6-8/h3,7-8H,1,4-6H2,2H3/t7-/m0/s1. The van der Waals surface area contributed by atoms with Crippen molar-refractivity contribution in [3.63, 3.8) is 0 Å². The van der Waals surface area contributed by atoms with Gasteiger partial charge in [-0.25, -0.2) is 0 Å². The first-order valence-corrected chi connectivity index (χ1v) is 3.04. The Morgan fingerprint density at radius 1 is 1.75 bits per heavy atom. The van der Waals surface area contributed by atoms with Crippen molar-refractivity contribution in [3.05, 3.63) is 12.7 Å². The van der Waals surface area contributed by atoms with Gasteiger partial charge in [-0.15, -0.1) is 6.58 Å². The Kier molecular flexibility index (Phi) is 4.67. The average molecular weight is 114 g/mol. The molecule has 1 N–H and O–H groups in total. The largest absolute Gasteiger partial charge is 0.396 e. The van der Waals surface area contributed by atoms with Crippen LogP contribution in [0.5, 0.6) is 0 Å². The third-order valence-corrected chi connectivity index (χ3v) is 1.22. The lowest BCUT2D eigenvalue weighted by Crippen LogP contribution is -1.90. The van der Waals surface area contributed by atoms with Crippen molar-refractivity contribution in [3.8, 4) is 0 Å². The molecule has 0 aromatic carbocycles. The van der Waals surface area contributed by atoms with Crippen LogP contribution in [0.25, 0.3) is 0 Å². The lowest BCUT2D eigenvalue weighted by Gasteiger charge is -2.00. The van der Waals surface area contributed by atoms with Crippen LogP contribution in [0.2, 0.25) is 0 Å². The van der Waals surface area contributed by atoms with E-state index in [9.17, 15) is 0 Å². The molecule has 0 aromatic rings. The van der Waals surface area contributed by atoms with Crippen molar-refractivity contribution in [1.82, 2.24) is 0 Å². The van der Waals surface area contributed by atoms with E-state index >= 15 is 0 Å². The first-order chi connectivity index (χ1) is 3.81. The summed E-state index contributed by atoms with van der Waals surface area (Å²) >= 11 is 0. The number of rotatable bonds is 4. The summed E-state index contributed by atoms with van der Waals surface area (Å²) in [6.45, 7) is 6.04. The van der Waals surface area contributed by atoms with E-state index in [4.69, 9.17) is 5.11 Å². The Morgan fingerprint density at radius 2 is 2.38 bits per heavy atom. The van der Waals surface area contributed by atoms with Crippen LogP contribution in [0, 0.1) is 5.92 Å². The van der Waals surface area contributed by atoms with Gasteiger partial charge in [0.2, 0.25) is 0 Å². The zero-order valence-corrected chi connectivity index (χ0v) is 5.43. The predicted octanol–water partition coefficient (Wildman–Crippen LogP) is 1.58. The van der Waals surface area contributed by atoms with E-state index in [2.05, 4.69) is 13.5 Å². The SMILES string of the molecule is C=C[C@H](C)CCCO. The lowest BCUT2D eigenvalue weighted by molar-refractivity contribution is 0.279. The Labute approximate surface area is 51.0 Å². The number of hydrogen-bond donors (Lipinski definition) is 1. The van der Waals surface area contributed by atoms with E-state index in [0.717, 1.165) is 12.8 Å². The molecule has 0 aliphatic rings. The van der Waals surface area contributed by atoms with Crippen LogP contribution in [-0.4, -0.2) is 11.7 Å². The maximum atomic E-state index is 8.38. The molecule has 0 heterocycles. The molecule has 0 bridgehead atoms. The normalized spacial score (nSPS) is 13.2. The minimum Gasteiger partial charge on any atom is -0.396 e. The third kappa shape index (κ3) is 3.88. The van der Waals surface area contributed by atoms with E-state index in [0.29, 0.717) is 12.5 Å². The summed E-state index contributed by atoms with van der Waals surface area (Å²) < 4.78 is 0. The third-order valence-electron chi connectivity index (χ3n) is 1.22. The highest BCUT2D eigenvalue weighted by atomic mass is 16.2. The summed E-state index contributed by atoms with van der Waals surface area (Å²) in [5.41, 5.74) is 0. The first kappa shape index (κ1) is 7.70. The molecule has 1 nitrogen and oxygen atoms in total. The fourth-order valence-electron chi connectivity index (χ4n) is 0.531. The number of aliphatic hydroxyl groups is 1. The van der Waals surface area contributed by atoms with Gasteiger partial charge >= 0.3 is 0 Å². The van der Waals surface area contributed by atoms with Gasteiger partial charge in [0.15, 0.2) is 0 Å². The molecule has 0 aromatic heterocycles. The van der Waals surface area contributed by atoms with Crippen LogP contribution in [0.1, 0.15) is 19.8 Å². The van der Waals surface area contributed by atoms with Gasteiger partial charge in [0, 0.05) is 6.61 Å². The molecule has 1 heteroatoms. The van der Waals surface area contributed by atoms with Gasteiger partial charge in [0.25, 0.3) is 0 Å². The fourth-order valence-corrected chi connectivity index (χ4v) is 0.531. The Morgan fingerprint density at radius 3 is 2.75 bits per heavy atom. The highest BCUT2D eigenvalue weighted by molar-refractivity contribution is 4.74. The number of hydrogen-bond acceptors (Lipinski definition) is 1. The molecule has 0 aliphatic heterocycles. The molecule has 8 heavy (non-hydrogen) atoms. The second-order valence-corrected chi connectivity index (χ2v) is 2.08. The molecule has 0 saturated heterocycles. The molecule has 0 spiro atoms. The molecule has 48 valence electrons. The van der Waals surface area contributed by atoms with E-state index < -0.39 is 0 Å². The Bertz CT molecular complexity index is 59.4. The summed E-state index contributed by atoms with van der Waals surface area (Å²) in [5, 5.41) is 8.38. The average Bonchev–Trinajstić information content (AvgIpc) is 1.83. The topological polar surface area (TPSA) is 20.2 Å². The highest BCUT2D eigenvalue weighted by Gasteiger charge is 1.92. The van der Waals surface area contributed by atoms with Crippen molar-refractivity contribution in [2.75, 3.05) is 6.61 Å². The van der Waals surface area contributed by atoms with Gasteiger partial charge < -0.3 is 5.11 Å². The molecular weight excluding hydrogens is 100 g/mol. The van der Waals surface area contributed by atoms with Crippen LogP contribution < -0.4 is 0 Å². The van der Waals surface area contributed by atoms with Crippen molar-refractivity contribution in [2.24, 2.45) is 5.92 Å². The monoisotopic (exact) mass is 114 g/mol. The molecule has 0 unspecified atom stereocenters. The van der Waals surface area contributed by atoms with Crippen LogP contribution >= 0.6 is 0 Å². The molecule has 0 fully saturated rings. The van der Waals surface area contributed by atoms with Gasteiger partial charge in [-0.3, -0.25) is 0 Å². The summed E-state index contributed by atoms with van der Waals surface area (Å²) in [5.74, 6) is 0.558. The maximum absolute atomic E-state index is 8.38. The Hall–Kier alpha value is -0.300. The van der Waals surface area contributed by atoms with Crippen molar-refractivity contribution >= 4 is 0 Å². The fraction of sp³-hybridized carbons (Fsp3) is 0.714. The second-order valence-electron chi connectivity index (χ2n) is 2.08. The minimum absolute atomic E-state index is 0.304. The molecule has 0 saturated carbocycles. The van der Waals surface area contributed by atoms with Crippen molar-refractivity contribution in [1.29, 1.82) is 0 Å². The van der Waals surface area contributed by atoms with E-state index in [1.165, 1.54) is 0 Å². The number of aliphatic hydroxyl groups excluding tert-OH is 1. The van der Waals surface area contributed by atoms with Gasteiger partial charge in [-0.1, -0.05) is 13.0 Å². The van der Waals surface area contributed by atoms with Crippen LogP contribution in [0.4, 0.5) is 0 Å². The van der Waals surface area contributed by atoms with Crippen LogP contribution in [0.3, 0.4) is 0 Å². The summed E-state index contributed by atoms with van der Waals surface area (Å²) in [6, 6.07) is 0. The minimum atomic E-state index is 0.304. The van der Waals surface area contributed by atoms with Gasteiger partial charge in [0.1, 0.15) is 0 Å². The summed E-state index contributed by atoms with van der Waals surface area (Å²) in [6.07, 6.45) is 3.86. The molecule has 0 amide bonds. The zero-order chi connectivity index (χ0) is 6.41. The number of allylic oxidation sites excluding steroid dienone is 1. The van der Waals surface area contributed by atoms with E-state index in [-0.39, 0.29) is 0 Å². The van der Waals surface area contributed by atoms with Gasteiger partial charge in [-0.2, -0.15) is 0 Å². The van der Waals surface area contributed by atoms with E-state index in [1.807, 2.05) is 6.08 Å². The summed E-state index contributed by atoms with van der Waals surface area (Å²) in [4.78, 5) is 0. The highest BCUT2D eigenvalue weighted by Crippen LogP contribution is 2.03. The van der Waals surface area contributed by atoms with E-state index in [1.54, 1.807) is 0 Å². The molecule has 0 aliphatic carbocycles. The van der Waals surface area contributed by atoms with Gasteiger partial charge in [-0.05, 0) is 18.8 Å². The second kappa shape index (κ2) is 4.85. The summed E-state index contributed by atoms with van der Waals surface area (Å²) in [7, 11) is 0. The lowest BCUT2D eigenvalue weighted by atomic mass is 10.1. The predicted molar refractivity (Wildman–Crippen MR) is 35.7 cm³/mol. The van der Waals surface area contributed by atoms with Crippen LogP contribution in [0.15, 0.2) is 12.7 Å². The Balaban J connectivity index is 2.98.